The number of guanidine groups is 1. The molecule has 0 radical (unpaired) electrons. The minimum absolute atomic E-state index is 0.0204. The number of rotatable bonds is 32. The fourth-order valence-electron chi connectivity index (χ4n) is 16.9. The van der Waals surface area contributed by atoms with Crippen molar-refractivity contribution in [2.75, 3.05) is 90.6 Å². The molecule has 1 aromatic heterocycles. The zero-order valence-corrected chi connectivity index (χ0v) is 60.7. The molecule has 3 fully saturated rings. The first kappa shape index (κ1) is 80.1. The summed E-state index contributed by atoms with van der Waals surface area (Å²) in [5, 5.41) is 89.7. The number of methoxy groups -OCH3 is 2. The Balaban J connectivity index is 0.881. The standard InChI is InChI=1S/C68H94N14O21S2/c1-7-64(99)30-35-31-67(61(97)102-6,51-37(16-21-81(32-35)34-64)36-13-9-10-14-40(36)73-51)39-25-38-46(29-47(39)101-5)80(4)58-66(38)18-22-82-20-12-17-65(8-2,57(66)82)59(95)68(58,100)60(96)78-79-63(98)103-23-24-104-105-33-45(56(93)94)77-55(92)44(28-50(87)88)76-54(91)43(27-49(85)86)75-52(89)41(15-11-19-72-62(69)70)74-53(90)42(71-3)26-48(83)84/h9-10,12-14,17,25,29,35,41-45,57-59,71,73,95,99-100H,7-8,11,15-16,18-24,26-28,30-34H2,1-6H3,(H,74,90)(H,75,89)(H,76,91)(H,77,92)(H,78,96)(H,79,98)(H,83,84)(H,85,86)(H,87,88)(H,93,94)(H4,69,70,72)/t35-,41+,42+,43+,44+,45+,57+,58-,59-,64+,65-,66-,67+,68+/m1/s1. The van der Waals surface area contributed by atoms with Crippen LogP contribution in [-0.2, 0) is 74.7 Å². The molecule has 105 heavy (non-hydrogen) atoms. The molecule has 6 heterocycles. The Morgan fingerprint density at radius 2 is 1.42 bits per heavy atom. The van der Waals surface area contributed by atoms with Gasteiger partial charge in [0.25, 0.3) is 5.91 Å². The number of carbonyl (C=O) groups excluding carboxylic acids is 7. The van der Waals surface area contributed by atoms with Crippen molar-refractivity contribution in [3.63, 3.8) is 0 Å². The van der Waals surface area contributed by atoms with Crippen LogP contribution >= 0.6 is 21.6 Å². The number of carboxylic acids is 4. The number of H-pyrrole nitrogens is 1. The van der Waals surface area contributed by atoms with Gasteiger partial charge >= 0.3 is 35.9 Å². The molecular weight excluding hydrogens is 1410 g/mol. The summed E-state index contributed by atoms with van der Waals surface area (Å²) in [5.74, 6) is -13.6. The van der Waals surface area contributed by atoms with E-state index in [0.717, 1.165) is 38.1 Å². The topological polar surface area (TPSA) is 531 Å². The molecule has 574 valence electrons. The number of aromatic nitrogens is 1. The van der Waals surface area contributed by atoms with E-state index in [1.54, 1.807) is 11.9 Å². The molecule has 5 aliphatic heterocycles. The number of piperidine rings is 1. The monoisotopic (exact) mass is 1510 g/mol. The summed E-state index contributed by atoms with van der Waals surface area (Å²) in [6.45, 7) is 6.03. The number of hydrogen-bond acceptors (Lipinski definition) is 24. The molecule has 19 N–H and O–H groups in total. The van der Waals surface area contributed by atoms with E-state index in [9.17, 15) is 78.9 Å². The minimum Gasteiger partial charge on any atom is -0.496 e. The van der Waals surface area contributed by atoms with E-state index in [-0.39, 0.29) is 56.5 Å². The number of nitrogens with one attached hydrogen (secondary N) is 8. The Morgan fingerprint density at radius 1 is 0.781 bits per heavy atom. The number of anilines is 1. The van der Waals surface area contributed by atoms with E-state index in [4.69, 9.17) is 25.7 Å². The molecule has 2 bridgehead atoms. The molecule has 1 saturated carbocycles. The van der Waals surface area contributed by atoms with Crippen molar-refractivity contribution in [3.05, 3.63) is 70.9 Å². The number of benzene rings is 2. The number of nitrogens with zero attached hydrogens (tertiary/aromatic N) is 4. The highest BCUT2D eigenvalue weighted by molar-refractivity contribution is 8.76. The summed E-state index contributed by atoms with van der Waals surface area (Å²) in [4.78, 5) is 160. The van der Waals surface area contributed by atoms with Crippen LogP contribution in [0.2, 0.25) is 0 Å². The average molecular weight is 1510 g/mol. The number of carboxylic acid groups (broad SMARTS) is 4. The number of aliphatic carboxylic acids is 4. The van der Waals surface area contributed by atoms with Gasteiger partial charge in [-0.25, -0.2) is 15.0 Å². The fourth-order valence-corrected chi connectivity index (χ4v) is 18.9. The molecule has 3 aromatic rings. The predicted molar refractivity (Wildman–Crippen MR) is 381 cm³/mol. The van der Waals surface area contributed by atoms with Gasteiger partial charge in [-0.1, -0.05) is 65.8 Å². The molecule has 37 heteroatoms. The van der Waals surface area contributed by atoms with Crippen LogP contribution in [0.4, 0.5) is 10.5 Å². The predicted octanol–water partition coefficient (Wildman–Crippen LogP) is -1.52. The third kappa shape index (κ3) is 16.1. The Bertz CT molecular complexity index is 3900. The molecule has 15 atom stereocenters. The number of hydrazine groups is 1. The maximum Gasteiger partial charge on any atom is 0.426 e. The van der Waals surface area contributed by atoms with E-state index in [2.05, 4.69) is 51.9 Å². The van der Waals surface area contributed by atoms with Gasteiger partial charge in [-0.05, 0) is 94.1 Å². The average Bonchev–Trinajstić information content (AvgIpc) is 1.49. The lowest BCUT2D eigenvalue weighted by atomic mass is 9.47. The van der Waals surface area contributed by atoms with Crippen molar-refractivity contribution in [1.82, 2.24) is 52.2 Å². The summed E-state index contributed by atoms with van der Waals surface area (Å²) in [5.41, 5.74) is 11.5. The SMILES string of the molecule is CC[C@]1(O)C[C@H]2CN(CCc3c([nH]c4ccccc34)[C@@](C(=O)OC)(c3cc4c(cc3OC)N(C)[C@H]3[C@@](O)(C(=O)NNC(=O)OCCSSC[C@H](NC(=O)[C@H](CC(=O)O)NC(=O)[C@H](CC(=O)O)NC(=O)[C@H](CCCN=C(N)N)NC(=O)[C@H](CC(=O)O)NC)C(=O)O)[C@H](O)[C@]5(CC)C=CCN6CC[C@]43[C@@H]65)C2)C1. The van der Waals surface area contributed by atoms with E-state index in [1.165, 1.54) is 21.3 Å². The summed E-state index contributed by atoms with van der Waals surface area (Å²) < 4.78 is 17.7. The number of nitrogens with two attached hydrogens (primary N) is 2. The first-order chi connectivity index (χ1) is 49.8. The molecule has 2 saturated heterocycles. The normalized spacial score (nSPS) is 27.0. The molecule has 6 amide bonds. The van der Waals surface area contributed by atoms with E-state index < -0.39 is 166 Å². The Hall–Kier alpha value is -8.98. The number of carbonyl (C=O) groups is 11. The maximum atomic E-state index is 15.6. The number of amides is 6. The second-order valence-electron chi connectivity index (χ2n) is 27.6. The number of likely N-dealkylation sites (N-methyl/N-ethyl adjacent to an activating group) is 2. The summed E-state index contributed by atoms with van der Waals surface area (Å²) in [6.07, 6.45) is -0.248. The highest BCUT2D eigenvalue weighted by Crippen LogP contribution is 2.68. The van der Waals surface area contributed by atoms with Gasteiger partial charge in [0.05, 0.1) is 51.2 Å². The van der Waals surface area contributed by atoms with Gasteiger partial charge in [0.1, 0.15) is 48.0 Å². The van der Waals surface area contributed by atoms with Crippen molar-refractivity contribution < 1.29 is 103 Å². The van der Waals surface area contributed by atoms with Crippen molar-refractivity contribution in [3.8, 4) is 5.75 Å². The van der Waals surface area contributed by atoms with E-state index in [1.807, 2.05) is 67.7 Å². The smallest absolute Gasteiger partial charge is 0.426 e. The highest BCUT2D eigenvalue weighted by Gasteiger charge is 2.79. The van der Waals surface area contributed by atoms with Gasteiger partial charge in [-0.15, -0.1) is 0 Å². The van der Waals surface area contributed by atoms with E-state index in [0.29, 0.717) is 86.7 Å². The molecule has 1 unspecified atom stereocenters. The second kappa shape index (κ2) is 33.2. The number of aliphatic imine (C=N–C) groups is 1. The van der Waals surface area contributed by atoms with Crippen molar-refractivity contribution >= 4 is 110 Å². The largest absolute Gasteiger partial charge is 0.496 e. The van der Waals surface area contributed by atoms with Gasteiger partial charge in [0.15, 0.2) is 11.6 Å². The third-order valence-corrected chi connectivity index (χ3v) is 23.8. The van der Waals surface area contributed by atoms with Gasteiger partial charge in [0, 0.05) is 102 Å². The van der Waals surface area contributed by atoms with Crippen LogP contribution in [0, 0.1) is 11.3 Å². The van der Waals surface area contributed by atoms with Crippen molar-refractivity contribution in [2.24, 2.45) is 27.8 Å². The van der Waals surface area contributed by atoms with Gasteiger partial charge < -0.3 is 97.9 Å². The Morgan fingerprint density at radius 3 is 2.04 bits per heavy atom. The van der Waals surface area contributed by atoms with Crippen molar-refractivity contribution in [1.29, 1.82) is 0 Å². The second-order valence-corrected chi connectivity index (χ2v) is 30.2. The summed E-state index contributed by atoms with van der Waals surface area (Å²) in [7, 11) is 7.67. The highest BCUT2D eigenvalue weighted by atomic mass is 33.1. The Kier molecular flexibility index (Phi) is 25.3. The zero-order chi connectivity index (χ0) is 76.7. The lowest BCUT2D eigenvalue weighted by Crippen LogP contribution is -2.82. The summed E-state index contributed by atoms with van der Waals surface area (Å²) >= 11 is 0. The maximum absolute atomic E-state index is 15.6. The first-order valence-corrected chi connectivity index (χ1v) is 37.0. The van der Waals surface area contributed by atoms with Gasteiger partial charge in [0.2, 0.25) is 23.6 Å². The first-order valence-electron chi connectivity index (χ1n) is 34.5. The van der Waals surface area contributed by atoms with Gasteiger partial charge in [-0.3, -0.25) is 63.4 Å². The number of ether oxygens (including phenoxy) is 3. The van der Waals surface area contributed by atoms with Crippen LogP contribution < -0.4 is 58.5 Å². The zero-order valence-electron chi connectivity index (χ0n) is 59.1. The molecule has 9 rings (SSSR count). The van der Waals surface area contributed by atoms with Crippen LogP contribution in [0.5, 0.6) is 5.75 Å². The quantitative estimate of drug-likeness (QED) is 0.00642. The summed E-state index contributed by atoms with van der Waals surface area (Å²) in [6, 6.07) is 1.09. The third-order valence-electron chi connectivity index (χ3n) is 21.5. The van der Waals surface area contributed by atoms with Crippen LogP contribution in [0.1, 0.15) is 100 Å². The lowest BCUT2D eigenvalue weighted by Gasteiger charge is -2.63. The number of esters is 1. The van der Waals surface area contributed by atoms with E-state index >= 15 is 9.59 Å². The molecular formula is C68H94N14O21S2. The number of aliphatic hydroxyl groups is 3. The number of para-hydroxylation sites is 1. The van der Waals surface area contributed by atoms with Crippen LogP contribution in [0.25, 0.3) is 10.9 Å². The van der Waals surface area contributed by atoms with Crippen LogP contribution in [0.15, 0.2) is 53.5 Å². The number of aromatic amines is 1. The fraction of sp³-hybridized carbons (Fsp3) is 0.588. The molecule has 1 spiro atoms. The van der Waals surface area contributed by atoms with Crippen LogP contribution in [0.3, 0.4) is 0 Å². The number of hydrogen-bond donors (Lipinski definition) is 17. The molecule has 1 aliphatic carbocycles. The molecule has 6 aliphatic rings. The van der Waals surface area contributed by atoms with Gasteiger partial charge in [-0.2, -0.15) is 0 Å². The number of fused-ring (bicyclic) bond motifs is 6. The molecule has 2 aromatic carbocycles. The Labute approximate surface area is 611 Å². The lowest BCUT2D eigenvalue weighted by molar-refractivity contribution is -0.204. The number of aliphatic hydroxyl groups excluding tert-OH is 1. The minimum atomic E-state index is -2.71. The van der Waals surface area contributed by atoms with Crippen LogP contribution in [-0.4, -0.2) is 267 Å². The molecule has 35 nitrogen and oxygen atoms in total. The van der Waals surface area contributed by atoms with Crippen molar-refractivity contribution in [2.45, 2.75) is 155 Å².